The van der Waals surface area contributed by atoms with Gasteiger partial charge in [-0.05, 0) is 55.5 Å². The van der Waals surface area contributed by atoms with E-state index in [-0.39, 0.29) is 30.8 Å². The van der Waals surface area contributed by atoms with Gasteiger partial charge in [0.2, 0.25) is 21.8 Å². The fraction of sp³-hybridized carbons (Fsp3) is 0.481. The second-order valence-corrected chi connectivity index (χ2v) is 11.7. The molecular weight excluding hydrogens is 498 g/mol. The lowest BCUT2D eigenvalue weighted by Gasteiger charge is -2.32. The number of hydrogen-bond acceptors (Lipinski definition) is 4. The van der Waals surface area contributed by atoms with Crippen LogP contribution in [0, 0.1) is 0 Å². The van der Waals surface area contributed by atoms with Gasteiger partial charge in [-0.2, -0.15) is 0 Å². The molecule has 0 aliphatic heterocycles. The molecule has 36 heavy (non-hydrogen) atoms. The van der Waals surface area contributed by atoms with Crippen LogP contribution in [0.4, 0.5) is 5.69 Å². The number of benzene rings is 2. The Morgan fingerprint density at radius 2 is 1.69 bits per heavy atom. The molecule has 1 saturated carbocycles. The van der Waals surface area contributed by atoms with Crippen molar-refractivity contribution in [2.75, 3.05) is 17.1 Å². The summed E-state index contributed by atoms with van der Waals surface area (Å²) in [6, 6.07) is 15.8. The van der Waals surface area contributed by atoms with Crippen LogP contribution >= 0.6 is 11.6 Å². The average Bonchev–Trinajstić information content (AvgIpc) is 3.35. The SMILES string of the molecule is CCC(C(=O)NC1CCCC1)N(Cc1ccccc1)C(=O)CCCN(c1ccc(Cl)cc1)S(C)(=O)=O. The zero-order chi connectivity index (χ0) is 26.1. The van der Waals surface area contributed by atoms with Gasteiger partial charge >= 0.3 is 0 Å². The molecule has 1 aliphatic rings. The Morgan fingerprint density at radius 3 is 2.28 bits per heavy atom. The van der Waals surface area contributed by atoms with Crippen LogP contribution in [0.1, 0.15) is 57.4 Å². The van der Waals surface area contributed by atoms with E-state index in [9.17, 15) is 18.0 Å². The molecule has 9 heteroatoms. The Labute approximate surface area is 219 Å². The van der Waals surface area contributed by atoms with Crippen LogP contribution in [0.3, 0.4) is 0 Å². The fourth-order valence-corrected chi connectivity index (χ4v) is 5.77. The van der Waals surface area contributed by atoms with E-state index in [1.807, 2.05) is 37.3 Å². The van der Waals surface area contributed by atoms with Gasteiger partial charge in [0.15, 0.2) is 0 Å². The van der Waals surface area contributed by atoms with Crippen molar-refractivity contribution in [1.82, 2.24) is 10.2 Å². The summed E-state index contributed by atoms with van der Waals surface area (Å²) in [5, 5.41) is 3.65. The predicted octanol–water partition coefficient (Wildman–Crippen LogP) is 4.75. The molecule has 196 valence electrons. The second-order valence-electron chi connectivity index (χ2n) is 9.34. The van der Waals surface area contributed by atoms with Crippen molar-refractivity contribution in [3.63, 3.8) is 0 Å². The highest BCUT2D eigenvalue weighted by molar-refractivity contribution is 7.92. The third kappa shape index (κ3) is 7.96. The summed E-state index contributed by atoms with van der Waals surface area (Å²) in [5.41, 5.74) is 1.44. The summed E-state index contributed by atoms with van der Waals surface area (Å²) in [6.45, 7) is 2.38. The highest BCUT2D eigenvalue weighted by atomic mass is 35.5. The monoisotopic (exact) mass is 533 g/mol. The topological polar surface area (TPSA) is 86.8 Å². The molecule has 0 heterocycles. The largest absolute Gasteiger partial charge is 0.352 e. The molecule has 7 nitrogen and oxygen atoms in total. The summed E-state index contributed by atoms with van der Waals surface area (Å²) in [7, 11) is -3.54. The van der Waals surface area contributed by atoms with Crippen LogP contribution in [0.15, 0.2) is 54.6 Å². The molecule has 1 N–H and O–H groups in total. The minimum absolute atomic E-state index is 0.118. The molecule has 3 rings (SSSR count). The van der Waals surface area contributed by atoms with Crippen LogP contribution in [0.25, 0.3) is 0 Å². The van der Waals surface area contributed by atoms with Gasteiger partial charge in [0.05, 0.1) is 11.9 Å². The van der Waals surface area contributed by atoms with E-state index in [1.54, 1.807) is 29.2 Å². The molecular formula is C27H36ClN3O4S. The Hall–Kier alpha value is -2.58. The zero-order valence-electron chi connectivity index (χ0n) is 21.0. The highest BCUT2D eigenvalue weighted by Gasteiger charge is 2.30. The van der Waals surface area contributed by atoms with Crippen molar-refractivity contribution in [3.8, 4) is 0 Å². The van der Waals surface area contributed by atoms with E-state index in [0.29, 0.717) is 30.1 Å². The Balaban J connectivity index is 1.72. The molecule has 0 aromatic heterocycles. The van der Waals surface area contributed by atoms with Crippen molar-refractivity contribution in [2.24, 2.45) is 0 Å². The highest BCUT2D eigenvalue weighted by Crippen LogP contribution is 2.22. The van der Waals surface area contributed by atoms with Crippen molar-refractivity contribution < 1.29 is 18.0 Å². The quantitative estimate of drug-likeness (QED) is 0.426. The standard InChI is InChI=1S/C27H36ClN3O4S/c1-3-25(27(33)29-23-12-7-8-13-23)30(20-21-10-5-4-6-11-21)26(32)14-9-19-31(36(2,34)35)24-17-15-22(28)16-18-24/h4-6,10-11,15-18,23,25H,3,7-9,12-14,19-20H2,1-2H3,(H,29,33). The van der Waals surface area contributed by atoms with Crippen molar-refractivity contribution in [1.29, 1.82) is 0 Å². The number of carbonyl (C=O) groups is 2. The van der Waals surface area contributed by atoms with Crippen LogP contribution < -0.4 is 9.62 Å². The maximum Gasteiger partial charge on any atom is 0.243 e. The van der Waals surface area contributed by atoms with E-state index in [4.69, 9.17) is 11.6 Å². The van der Waals surface area contributed by atoms with Crippen molar-refractivity contribution in [3.05, 3.63) is 65.2 Å². The Bertz CT molecular complexity index is 1100. The second kappa shape index (κ2) is 13.1. The maximum atomic E-state index is 13.5. The Morgan fingerprint density at radius 1 is 1.06 bits per heavy atom. The molecule has 1 atom stereocenters. The number of sulfonamides is 1. The van der Waals surface area contributed by atoms with Crippen LogP contribution in [0.5, 0.6) is 0 Å². The van der Waals surface area contributed by atoms with E-state index in [0.717, 1.165) is 37.5 Å². The molecule has 0 radical (unpaired) electrons. The smallest absolute Gasteiger partial charge is 0.243 e. The van der Waals surface area contributed by atoms with Crippen LogP contribution in [-0.2, 0) is 26.2 Å². The van der Waals surface area contributed by atoms with Gasteiger partial charge in [-0.15, -0.1) is 0 Å². The van der Waals surface area contributed by atoms with E-state index < -0.39 is 16.1 Å². The number of halogens is 1. The van der Waals surface area contributed by atoms with Gasteiger partial charge in [-0.3, -0.25) is 13.9 Å². The number of hydrogen-bond donors (Lipinski definition) is 1. The summed E-state index contributed by atoms with van der Waals surface area (Å²) < 4.78 is 26.1. The van der Waals surface area contributed by atoms with E-state index >= 15 is 0 Å². The summed E-state index contributed by atoms with van der Waals surface area (Å²) in [4.78, 5) is 28.3. The fourth-order valence-electron chi connectivity index (χ4n) is 4.68. The predicted molar refractivity (Wildman–Crippen MR) is 144 cm³/mol. The first-order valence-electron chi connectivity index (χ1n) is 12.6. The molecule has 0 saturated heterocycles. The lowest BCUT2D eigenvalue weighted by molar-refractivity contribution is -0.141. The molecule has 1 unspecified atom stereocenters. The number of rotatable bonds is 12. The van der Waals surface area contributed by atoms with E-state index in [1.165, 1.54) is 4.31 Å². The molecule has 2 aromatic rings. The third-order valence-electron chi connectivity index (χ3n) is 6.55. The van der Waals surface area contributed by atoms with Crippen molar-refractivity contribution >= 4 is 39.1 Å². The van der Waals surface area contributed by atoms with Gasteiger partial charge in [0, 0.05) is 30.6 Å². The van der Waals surface area contributed by atoms with Gasteiger partial charge < -0.3 is 10.2 Å². The molecule has 1 aliphatic carbocycles. The number of anilines is 1. The van der Waals surface area contributed by atoms with Crippen LogP contribution in [0.2, 0.25) is 5.02 Å². The summed E-state index contributed by atoms with van der Waals surface area (Å²) >= 11 is 5.95. The number of amides is 2. The lowest BCUT2D eigenvalue weighted by atomic mass is 10.1. The minimum atomic E-state index is -3.54. The molecule has 2 amide bonds. The summed E-state index contributed by atoms with van der Waals surface area (Å²) in [6.07, 6.45) is 6.25. The lowest BCUT2D eigenvalue weighted by Crippen LogP contribution is -2.51. The number of nitrogens with zero attached hydrogens (tertiary/aromatic N) is 2. The number of carbonyl (C=O) groups excluding carboxylic acids is 2. The normalized spacial score (nSPS) is 14.9. The first-order valence-corrected chi connectivity index (χ1v) is 14.8. The molecule has 1 fully saturated rings. The Kier molecular flexibility index (Phi) is 10.2. The summed E-state index contributed by atoms with van der Waals surface area (Å²) in [5.74, 6) is -0.288. The third-order valence-corrected chi connectivity index (χ3v) is 8.00. The van der Waals surface area contributed by atoms with Crippen LogP contribution in [-0.4, -0.2) is 50.0 Å². The first kappa shape index (κ1) is 28.0. The maximum absolute atomic E-state index is 13.5. The van der Waals surface area contributed by atoms with Gasteiger partial charge in [0.1, 0.15) is 6.04 Å². The van der Waals surface area contributed by atoms with Gasteiger partial charge in [-0.25, -0.2) is 8.42 Å². The first-order chi connectivity index (χ1) is 17.2. The average molecular weight is 534 g/mol. The number of nitrogens with one attached hydrogen (secondary N) is 1. The zero-order valence-corrected chi connectivity index (χ0v) is 22.6. The molecule has 0 spiro atoms. The minimum Gasteiger partial charge on any atom is -0.352 e. The molecule has 0 bridgehead atoms. The van der Waals surface area contributed by atoms with Gasteiger partial charge in [0.25, 0.3) is 0 Å². The van der Waals surface area contributed by atoms with Crippen molar-refractivity contribution in [2.45, 2.75) is 70.5 Å². The van der Waals surface area contributed by atoms with E-state index in [2.05, 4.69) is 5.32 Å². The van der Waals surface area contributed by atoms with Gasteiger partial charge in [-0.1, -0.05) is 61.7 Å². The molecule has 2 aromatic carbocycles.